The third kappa shape index (κ3) is 3.01. The van der Waals surface area contributed by atoms with E-state index in [0.29, 0.717) is 18.4 Å². The van der Waals surface area contributed by atoms with Gasteiger partial charge in [-0.25, -0.2) is 4.98 Å². The smallest absolute Gasteiger partial charge is 0.255 e. The predicted octanol–water partition coefficient (Wildman–Crippen LogP) is 2.00. The van der Waals surface area contributed by atoms with Crippen molar-refractivity contribution in [3.63, 3.8) is 0 Å². The van der Waals surface area contributed by atoms with E-state index in [0.717, 1.165) is 62.9 Å². The van der Waals surface area contributed by atoms with Crippen LogP contribution < -0.4 is 5.56 Å². The van der Waals surface area contributed by atoms with Gasteiger partial charge in [-0.2, -0.15) is 0 Å². The molecule has 1 saturated carbocycles. The Morgan fingerprint density at radius 1 is 1.20 bits per heavy atom. The van der Waals surface area contributed by atoms with E-state index in [4.69, 9.17) is 4.98 Å². The third-order valence-corrected chi connectivity index (χ3v) is 6.15. The second-order valence-electron chi connectivity index (χ2n) is 8.01. The number of H-pyrrole nitrogens is 1. The topological polar surface area (TPSA) is 69.3 Å². The summed E-state index contributed by atoms with van der Waals surface area (Å²) in [5, 5.41) is 0. The van der Waals surface area contributed by atoms with Gasteiger partial charge in [0, 0.05) is 38.0 Å². The minimum absolute atomic E-state index is 0.0201. The predicted molar refractivity (Wildman–Crippen MR) is 95.1 cm³/mol. The van der Waals surface area contributed by atoms with Gasteiger partial charge < -0.3 is 9.88 Å². The van der Waals surface area contributed by atoms with Crippen molar-refractivity contribution < 1.29 is 4.79 Å². The molecule has 4 rings (SSSR count). The molecule has 3 heterocycles. The Morgan fingerprint density at radius 2 is 2.00 bits per heavy atom. The SMILES string of the molecule is CC(C)N1CCc2nc(C3CCCN3C(=O)C3CCC3)[nH]c(=O)c2C1. The van der Waals surface area contributed by atoms with Gasteiger partial charge in [0.25, 0.3) is 5.56 Å². The molecule has 0 radical (unpaired) electrons. The molecule has 0 bridgehead atoms. The molecule has 1 aromatic heterocycles. The second kappa shape index (κ2) is 6.56. The van der Waals surface area contributed by atoms with Crippen LogP contribution in [0.25, 0.3) is 0 Å². The van der Waals surface area contributed by atoms with E-state index >= 15 is 0 Å². The molecule has 1 amide bonds. The number of likely N-dealkylation sites (tertiary alicyclic amines) is 1. The van der Waals surface area contributed by atoms with Gasteiger partial charge in [-0.05, 0) is 39.5 Å². The zero-order valence-corrected chi connectivity index (χ0v) is 15.3. The van der Waals surface area contributed by atoms with Crippen molar-refractivity contribution in [2.24, 2.45) is 5.92 Å². The number of nitrogens with zero attached hydrogens (tertiary/aromatic N) is 3. The molecule has 1 N–H and O–H groups in total. The van der Waals surface area contributed by atoms with Crippen LogP contribution in [0.4, 0.5) is 0 Å². The lowest BCUT2D eigenvalue weighted by Gasteiger charge is -2.33. The van der Waals surface area contributed by atoms with Gasteiger partial charge >= 0.3 is 0 Å². The molecular weight excluding hydrogens is 316 g/mol. The Morgan fingerprint density at radius 3 is 2.68 bits per heavy atom. The minimum atomic E-state index is -0.0470. The summed E-state index contributed by atoms with van der Waals surface area (Å²) < 4.78 is 0. The summed E-state index contributed by atoms with van der Waals surface area (Å²) in [6.07, 6.45) is 5.90. The monoisotopic (exact) mass is 344 g/mol. The Bertz CT molecular complexity index is 723. The number of carbonyl (C=O) groups excluding carboxylic acids is 1. The fourth-order valence-electron chi connectivity index (χ4n) is 4.27. The first kappa shape index (κ1) is 16.8. The standard InChI is InChI=1S/C19H28N4O2/c1-12(2)22-10-8-15-14(11-22)18(24)21-17(20-15)16-7-4-9-23(16)19(25)13-5-3-6-13/h12-13,16H,3-11H2,1-2H3,(H,20,21,24). The van der Waals surface area contributed by atoms with Crippen LogP contribution in [0.15, 0.2) is 4.79 Å². The number of nitrogens with one attached hydrogen (secondary N) is 1. The van der Waals surface area contributed by atoms with Crippen molar-refractivity contribution >= 4 is 5.91 Å². The molecule has 2 aliphatic heterocycles. The maximum atomic E-state index is 12.7. The molecule has 6 nitrogen and oxygen atoms in total. The highest BCUT2D eigenvalue weighted by atomic mass is 16.2. The van der Waals surface area contributed by atoms with Gasteiger partial charge in [0.15, 0.2) is 0 Å². The van der Waals surface area contributed by atoms with E-state index in [-0.39, 0.29) is 23.4 Å². The molecule has 1 atom stereocenters. The first-order valence-electron chi connectivity index (χ1n) is 9.71. The van der Waals surface area contributed by atoms with Crippen molar-refractivity contribution in [2.75, 3.05) is 13.1 Å². The maximum absolute atomic E-state index is 12.7. The van der Waals surface area contributed by atoms with Crippen LogP contribution in [0.5, 0.6) is 0 Å². The summed E-state index contributed by atoms with van der Waals surface area (Å²) in [6.45, 7) is 6.72. The van der Waals surface area contributed by atoms with Crippen molar-refractivity contribution in [3.8, 4) is 0 Å². The molecule has 1 unspecified atom stereocenters. The van der Waals surface area contributed by atoms with Crippen LogP contribution in [-0.4, -0.2) is 44.8 Å². The van der Waals surface area contributed by atoms with Crippen molar-refractivity contribution in [1.82, 2.24) is 19.8 Å². The number of aromatic amines is 1. The van der Waals surface area contributed by atoms with E-state index in [2.05, 4.69) is 23.7 Å². The Balaban J connectivity index is 1.60. The first-order valence-corrected chi connectivity index (χ1v) is 9.71. The van der Waals surface area contributed by atoms with Crippen LogP contribution in [-0.2, 0) is 17.8 Å². The van der Waals surface area contributed by atoms with Crippen LogP contribution >= 0.6 is 0 Å². The van der Waals surface area contributed by atoms with Crippen LogP contribution in [0.3, 0.4) is 0 Å². The highest BCUT2D eigenvalue weighted by molar-refractivity contribution is 5.80. The number of carbonyl (C=O) groups is 1. The lowest BCUT2D eigenvalue weighted by molar-refractivity contribution is -0.139. The molecule has 2 fully saturated rings. The van der Waals surface area contributed by atoms with Crippen molar-refractivity contribution in [2.45, 2.75) is 71.0 Å². The maximum Gasteiger partial charge on any atom is 0.255 e. The number of aromatic nitrogens is 2. The Labute approximate surface area is 148 Å². The lowest BCUT2D eigenvalue weighted by atomic mass is 9.84. The summed E-state index contributed by atoms with van der Waals surface area (Å²) in [4.78, 5) is 37.5. The zero-order chi connectivity index (χ0) is 17.6. The van der Waals surface area contributed by atoms with E-state index in [1.54, 1.807) is 0 Å². The van der Waals surface area contributed by atoms with Crippen LogP contribution in [0.1, 0.15) is 69.1 Å². The molecule has 25 heavy (non-hydrogen) atoms. The van der Waals surface area contributed by atoms with Crippen molar-refractivity contribution in [3.05, 3.63) is 27.4 Å². The summed E-state index contributed by atoms with van der Waals surface area (Å²) in [6, 6.07) is 0.381. The lowest BCUT2D eigenvalue weighted by Crippen LogP contribution is -2.41. The van der Waals surface area contributed by atoms with Gasteiger partial charge in [-0.3, -0.25) is 14.5 Å². The molecule has 1 aromatic rings. The van der Waals surface area contributed by atoms with E-state index in [1.807, 2.05) is 4.90 Å². The summed E-state index contributed by atoms with van der Waals surface area (Å²) in [7, 11) is 0. The highest BCUT2D eigenvalue weighted by Crippen LogP contribution is 2.36. The highest BCUT2D eigenvalue weighted by Gasteiger charge is 2.37. The molecule has 3 aliphatic rings. The average molecular weight is 344 g/mol. The largest absolute Gasteiger partial charge is 0.332 e. The van der Waals surface area contributed by atoms with Crippen molar-refractivity contribution in [1.29, 1.82) is 0 Å². The van der Waals surface area contributed by atoms with Gasteiger partial charge in [0.2, 0.25) is 5.91 Å². The normalized spacial score (nSPS) is 24.4. The Hall–Kier alpha value is -1.69. The average Bonchev–Trinajstić information content (AvgIpc) is 3.02. The number of amides is 1. The molecule has 6 heteroatoms. The van der Waals surface area contributed by atoms with E-state index < -0.39 is 0 Å². The molecular formula is C19H28N4O2. The molecule has 1 aliphatic carbocycles. The van der Waals surface area contributed by atoms with E-state index in [1.165, 1.54) is 0 Å². The number of hydrogen-bond acceptors (Lipinski definition) is 4. The van der Waals surface area contributed by atoms with Crippen LogP contribution in [0.2, 0.25) is 0 Å². The quantitative estimate of drug-likeness (QED) is 0.910. The summed E-state index contributed by atoms with van der Waals surface area (Å²) in [5.74, 6) is 1.16. The van der Waals surface area contributed by atoms with E-state index in [9.17, 15) is 9.59 Å². The number of fused-ring (bicyclic) bond motifs is 1. The summed E-state index contributed by atoms with van der Waals surface area (Å²) >= 11 is 0. The van der Waals surface area contributed by atoms with Gasteiger partial charge in [-0.15, -0.1) is 0 Å². The minimum Gasteiger partial charge on any atom is -0.332 e. The van der Waals surface area contributed by atoms with Gasteiger partial charge in [-0.1, -0.05) is 6.42 Å². The summed E-state index contributed by atoms with van der Waals surface area (Å²) in [5.41, 5.74) is 1.71. The number of hydrogen-bond donors (Lipinski definition) is 1. The van der Waals surface area contributed by atoms with Gasteiger partial charge in [0.05, 0.1) is 17.3 Å². The fourth-order valence-corrected chi connectivity index (χ4v) is 4.27. The molecule has 136 valence electrons. The molecule has 0 aromatic carbocycles. The zero-order valence-electron chi connectivity index (χ0n) is 15.3. The molecule has 0 spiro atoms. The van der Waals surface area contributed by atoms with Gasteiger partial charge in [0.1, 0.15) is 5.82 Å². The fraction of sp³-hybridized carbons (Fsp3) is 0.737. The van der Waals surface area contributed by atoms with Crippen LogP contribution in [0, 0.1) is 5.92 Å². The molecule has 1 saturated heterocycles. The first-order chi connectivity index (χ1) is 12.0. The Kier molecular flexibility index (Phi) is 4.40. The third-order valence-electron chi connectivity index (χ3n) is 6.15. The number of rotatable bonds is 3. The second-order valence-corrected chi connectivity index (χ2v) is 8.01.